The van der Waals surface area contributed by atoms with Crippen LogP contribution in [0.15, 0.2) is 86.0 Å². The maximum Gasteiger partial charge on any atom is 0.158 e. The van der Waals surface area contributed by atoms with E-state index in [0.29, 0.717) is 0 Å². The van der Waals surface area contributed by atoms with E-state index in [2.05, 4.69) is 29.9 Å². The normalized spacial score (nSPS) is 10.5. The SMILES string of the molecule is Cn1ccnc1-c1cccc(-c2nccn2C)n1.Cn1ccnc1-c1cccc(-c2nccn2C)n1.[Os]. The van der Waals surface area contributed by atoms with Gasteiger partial charge in [0.05, 0.1) is 0 Å². The average Bonchev–Trinajstić information content (AvgIpc) is 3.69. The number of aromatic nitrogens is 10. The Morgan fingerprint density at radius 2 is 0.676 bits per heavy atom. The third-order valence-corrected chi connectivity index (χ3v) is 5.70. The molecule has 0 atom stereocenters. The number of nitrogens with zero attached hydrogens (tertiary/aromatic N) is 10. The minimum Gasteiger partial charge on any atom is -0.333 e. The summed E-state index contributed by atoms with van der Waals surface area (Å²) in [6.07, 6.45) is 14.7. The summed E-state index contributed by atoms with van der Waals surface area (Å²) >= 11 is 0. The Bertz CT molecular complexity index is 1380. The van der Waals surface area contributed by atoms with E-state index < -0.39 is 0 Å². The Kier molecular flexibility index (Phi) is 7.85. The van der Waals surface area contributed by atoms with Crippen LogP contribution in [0.4, 0.5) is 0 Å². The van der Waals surface area contributed by atoms with E-state index >= 15 is 0 Å². The Morgan fingerprint density at radius 1 is 0.432 bits per heavy atom. The van der Waals surface area contributed by atoms with E-state index in [9.17, 15) is 0 Å². The fraction of sp³-hybridized carbons (Fsp3) is 0.154. The molecule has 188 valence electrons. The van der Waals surface area contributed by atoms with E-state index in [0.717, 1.165) is 46.1 Å². The maximum atomic E-state index is 4.61. The molecular formula is C26H26N10Os. The Labute approximate surface area is 227 Å². The molecule has 6 heterocycles. The molecule has 0 N–H and O–H groups in total. The molecule has 0 radical (unpaired) electrons. The predicted molar refractivity (Wildman–Crippen MR) is 137 cm³/mol. The zero-order valence-corrected chi connectivity index (χ0v) is 23.4. The monoisotopic (exact) mass is 670 g/mol. The number of pyridine rings is 2. The zero-order valence-electron chi connectivity index (χ0n) is 20.9. The number of hydrogen-bond acceptors (Lipinski definition) is 6. The molecule has 0 aliphatic rings. The fourth-order valence-electron chi connectivity index (χ4n) is 3.82. The summed E-state index contributed by atoms with van der Waals surface area (Å²) in [5, 5.41) is 0. The van der Waals surface area contributed by atoms with Crippen molar-refractivity contribution in [1.82, 2.24) is 48.2 Å². The van der Waals surface area contributed by atoms with Gasteiger partial charge in [-0.25, -0.2) is 29.9 Å². The molecule has 0 fully saturated rings. The van der Waals surface area contributed by atoms with Crippen molar-refractivity contribution in [2.75, 3.05) is 0 Å². The molecule has 0 saturated heterocycles. The quantitative estimate of drug-likeness (QED) is 0.284. The molecule has 6 rings (SSSR count). The van der Waals surface area contributed by atoms with Gasteiger partial charge in [-0.05, 0) is 24.3 Å². The topological polar surface area (TPSA) is 97.1 Å². The van der Waals surface area contributed by atoms with Gasteiger partial charge in [0, 0.05) is 97.6 Å². The van der Waals surface area contributed by atoms with E-state index in [4.69, 9.17) is 0 Å². The fourth-order valence-corrected chi connectivity index (χ4v) is 3.82. The summed E-state index contributed by atoms with van der Waals surface area (Å²) < 4.78 is 7.80. The minimum absolute atomic E-state index is 0. The van der Waals surface area contributed by atoms with Crippen molar-refractivity contribution in [1.29, 1.82) is 0 Å². The van der Waals surface area contributed by atoms with Crippen LogP contribution in [0.3, 0.4) is 0 Å². The molecule has 0 saturated carbocycles. The number of rotatable bonds is 4. The van der Waals surface area contributed by atoms with Crippen molar-refractivity contribution >= 4 is 0 Å². The summed E-state index contributed by atoms with van der Waals surface area (Å²) in [5.41, 5.74) is 3.40. The first kappa shape index (κ1) is 25.9. The van der Waals surface area contributed by atoms with Crippen LogP contribution < -0.4 is 0 Å². The molecule has 0 unspecified atom stereocenters. The van der Waals surface area contributed by atoms with Gasteiger partial charge in [-0.15, -0.1) is 0 Å². The third kappa shape index (κ3) is 5.47. The van der Waals surface area contributed by atoms with E-state index in [-0.39, 0.29) is 19.8 Å². The van der Waals surface area contributed by atoms with Crippen LogP contribution in [-0.4, -0.2) is 48.2 Å². The van der Waals surface area contributed by atoms with Crippen LogP contribution in [0.25, 0.3) is 46.1 Å². The number of imidazole rings is 4. The van der Waals surface area contributed by atoms with Crippen LogP contribution in [0, 0.1) is 0 Å². The van der Waals surface area contributed by atoms with Gasteiger partial charge < -0.3 is 18.3 Å². The van der Waals surface area contributed by atoms with Gasteiger partial charge in [0.25, 0.3) is 0 Å². The summed E-state index contributed by atoms with van der Waals surface area (Å²) in [5.74, 6) is 3.41. The second-order valence-electron chi connectivity index (χ2n) is 8.26. The van der Waals surface area contributed by atoms with Crippen molar-refractivity contribution in [3.8, 4) is 46.1 Å². The van der Waals surface area contributed by atoms with Crippen molar-refractivity contribution in [2.45, 2.75) is 0 Å². The molecule has 0 spiro atoms. The molecule has 6 aromatic rings. The Balaban J connectivity index is 0.000000168. The van der Waals surface area contributed by atoms with Crippen molar-refractivity contribution in [3.63, 3.8) is 0 Å². The van der Waals surface area contributed by atoms with Crippen molar-refractivity contribution in [3.05, 3.63) is 86.0 Å². The summed E-state index contributed by atoms with van der Waals surface area (Å²) in [4.78, 5) is 26.4. The van der Waals surface area contributed by atoms with Crippen LogP contribution in [-0.2, 0) is 48.0 Å². The van der Waals surface area contributed by atoms with Gasteiger partial charge in [-0.3, -0.25) is 0 Å². The second kappa shape index (κ2) is 11.2. The zero-order chi connectivity index (χ0) is 25.1. The van der Waals surface area contributed by atoms with Crippen molar-refractivity contribution < 1.29 is 19.8 Å². The first-order valence-electron chi connectivity index (χ1n) is 11.4. The van der Waals surface area contributed by atoms with Gasteiger partial charge in [-0.1, -0.05) is 12.1 Å². The number of aryl methyl sites for hydroxylation is 4. The van der Waals surface area contributed by atoms with Gasteiger partial charge in [0.2, 0.25) is 0 Å². The number of hydrogen-bond donors (Lipinski definition) is 0. The van der Waals surface area contributed by atoms with Crippen LogP contribution in [0.2, 0.25) is 0 Å². The average molecular weight is 669 g/mol. The molecule has 11 heteroatoms. The predicted octanol–water partition coefficient (Wildman–Crippen LogP) is 3.76. The van der Waals surface area contributed by atoms with Crippen LogP contribution >= 0.6 is 0 Å². The van der Waals surface area contributed by atoms with Crippen molar-refractivity contribution in [2.24, 2.45) is 28.2 Å². The summed E-state index contributed by atoms with van der Waals surface area (Å²) in [6.45, 7) is 0. The molecule has 0 aliphatic heterocycles. The van der Waals surface area contributed by atoms with Crippen LogP contribution in [0.1, 0.15) is 0 Å². The largest absolute Gasteiger partial charge is 0.333 e. The summed E-state index contributed by atoms with van der Waals surface area (Å²) in [7, 11) is 7.82. The smallest absolute Gasteiger partial charge is 0.158 e. The molecule has 37 heavy (non-hydrogen) atoms. The van der Waals surface area contributed by atoms with Gasteiger partial charge in [-0.2, -0.15) is 0 Å². The second-order valence-corrected chi connectivity index (χ2v) is 8.26. The molecule has 0 aliphatic carbocycles. The molecule has 6 aromatic heterocycles. The minimum atomic E-state index is 0. The van der Waals surface area contributed by atoms with Gasteiger partial charge in [0.1, 0.15) is 22.8 Å². The Hall–Kier alpha value is -4.22. The molecule has 10 nitrogen and oxygen atoms in total. The summed E-state index contributed by atoms with van der Waals surface area (Å²) in [6, 6.07) is 11.8. The molecular weight excluding hydrogens is 643 g/mol. The molecule has 0 aromatic carbocycles. The molecule has 0 bridgehead atoms. The van der Waals surface area contributed by atoms with Crippen LogP contribution in [0.5, 0.6) is 0 Å². The van der Waals surface area contributed by atoms with E-state index in [1.807, 2.05) is 108 Å². The van der Waals surface area contributed by atoms with Gasteiger partial charge in [0.15, 0.2) is 23.3 Å². The molecule has 0 amide bonds. The first-order valence-corrected chi connectivity index (χ1v) is 11.4. The van der Waals surface area contributed by atoms with E-state index in [1.54, 1.807) is 24.8 Å². The first-order chi connectivity index (χ1) is 17.5. The van der Waals surface area contributed by atoms with Gasteiger partial charge >= 0.3 is 0 Å². The van der Waals surface area contributed by atoms with E-state index in [1.165, 1.54) is 0 Å². The Morgan fingerprint density at radius 3 is 0.865 bits per heavy atom. The third-order valence-electron chi connectivity index (χ3n) is 5.70. The standard InChI is InChI=1S/2C13H13N5.Os/c2*1-17-8-6-14-12(17)10-4-3-5-11(16-10)13-15-7-9-18(13)2;/h2*3-9H,1-2H3;. The maximum absolute atomic E-state index is 4.61.